The summed E-state index contributed by atoms with van der Waals surface area (Å²) in [4.78, 5) is 4.20. The second-order valence-electron chi connectivity index (χ2n) is 3.76. The molecule has 100 valence electrons. The number of nitrogens with one attached hydrogen (secondary N) is 1. The molecule has 0 saturated heterocycles. The van der Waals surface area contributed by atoms with E-state index in [1.165, 1.54) is 0 Å². The van der Waals surface area contributed by atoms with E-state index in [0.717, 1.165) is 15.8 Å². The molecule has 0 bridgehead atoms. The third kappa shape index (κ3) is 3.53. The number of halogens is 3. The summed E-state index contributed by atoms with van der Waals surface area (Å²) in [6.07, 6.45) is 1.68. The number of aromatic nitrogens is 1. The van der Waals surface area contributed by atoms with Gasteiger partial charge >= 0.3 is 0 Å². The van der Waals surface area contributed by atoms with Crippen LogP contribution in [0.5, 0.6) is 5.75 Å². The molecule has 6 heteroatoms. The van der Waals surface area contributed by atoms with Crippen LogP contribution in [0.25, 0.3) is 0 Å². The first kappa shape index (κ1) is 14.4. The zero-order valence-electron chi connectivity index (χ0n) is 10.1. The predicted molar refractivity (Wildman–Crippen MR) is 82.3 cm³/mol. The molecule has 0 spiro atoms. The minimum Gasteiger partial charge on any atom is -0.496 e. The Bertz CT molecular complexity index is 593. The third-order valence-corrected chi connectivity index (χ3v) is 3.61. The van der Waals surface area contributed by atoms with Gasteiger partial charge in [-0.15, -0.1) is 0 Å². The van der Waals surface area contributed by atoms with Crippen molar-refractivity contribution >= 4 is 44.9 Å². The number of ether oxygens (including phenoxy) is 1. The van der Waals surface area contributed by atoms with Gasteiger partial charge < -0.3 is 10.1 Å². The molecular weight excluding hydrogens is 351 g/mol. The third-order valence-electron chi connectivity index (χ3n) is 2.54. The van der Waals surface area contributed by atoms with Crippen molar-refractivity contribution in [2.45, 2.75) is 6.54 Å². The number of hydrogen-bond donors (Lipinski definition) is 1. The first-order valence-corrected chi connectivity index (χ1v) is 7.03. The van der Waals surface area contributed by atoms with Crippen molar-refractivity contribution < 1.29 is 4.74 Å². The Morgan fingerprint density at radius 1 is 1.32 bits per heavy atom. The van der Waals surface area contributed by atoms with Crippen LogP contribution in [0.1, 0.15) is 5.56 Å². The number of rotatable bonds is 4. The first-order chi connectivity index (χ1) is 9.11. The maximum absolute atomic E-state index is 6.16. The Hall–Kier alpha value is -0.970. The molecule has 0 unspecified atom stereocenters. The molecule has 0 amide bonds. The minimum atomic E-state index is 0.483. The highest BCUT2D eigenvalue weighted by molar-refractivity contribution is 9.10. The van der Waals surface area contributed by atoms with Gasteiger partial charge in [0.1, 0.15) is 11.6 Å². The Balaban J connectivity index is 2.19. The zero-order valence-corrected chi connectivity index (χ0v) is 13.2. The number of anilines is 1. The monoisotopic (exact) mass is 360 g/mol. The molecule has 1 N–H and O–H groups in total. The van der Waals surface area contributed by atoms with Crippen molar-refractivity contribution in [3.63, 3.8) is 0 Å². The fourth-order valence-corrected chi connectivity index (χ4v) is 2.55. The summed E-state index contributed by atoms with van der Waals surface area (Å²) in [5.74, 6) is 1.33. The van der Waals surface area contributed by atoms with E-state index in [1.807, 2.05) is 18.2 Å². The van der Waals surface area contributed by atoms with Gasteiger partial charge in [0.25, 0.3) is 0 Å². The maximum Gasteiger partial charge on any atom is 0.145 e. The number of pyridine rings is 1. The normalized spacial score (nSPS) is 10.3. The summed E-state index contributed by atoms with van der Waals surface area (Å²) in [5, 5.41) is 4.32. The van der Waals surface area contributed by atoms with Crippen LogP contribution in [0.2, 0.25) is 10.0 Å². The number of benzene rings is 1. The molecule has 1 aromatic heterocycles. The fourth-order valence-electron chi connectivity index (χ4n) is 1.62. The Labute approximate surface area is 130 Å². The van der Waals surface area contributed by atoms with E-state index in [-0.39, 0.29) is 0 Å². The molecule has 0 aliphatic rings. The van der Waals surface area contributed by atoms with E-state index in [9.17, 15) is 0 Å². The van der Waals surface area contributed by atoms with Crippen molar-refractivity contribution in [3.05, 3.63) is 50.5 Å². The molecule has 0 atom stereocenters. The van der Waals surface area contributed by atoms with Gasteiger partial charge in [-0.1, -0.05) is 29.3 Å². The van der Waals surface area contributed by atoms with E-state index in [4.69, 9.17) is 27.9 Å². The van der Waals surface area contributed by atoms with Crippen molar-refractivity contribution in [1.29, 1.82) is 0 Å². The Morgan fingerprint density at radius 3 is 2.79 bits per heavy atom. The fraction of sp³-hybridized carbons (Fsp3) is 0.154. The van der Waals surface area contributed by atoms with Crippen LogP contribution >= 0.6 is 39.1 Å². The number of nitrogens with zero attached hydrogens (tertiary/aromatic N) is 1. The first-order valence-electron chi connectivity index (χ1n) is 5.48. The predicted octanol–water partition coefficient (Wildman–Crippen LogP) is 4.77. The van der Waals surface area contributed by atoms with E-state index in [1.54, 1.807) is 19.4 Å². The van der Waals surface area contributed by atoms with Gasteiger partial charge in [-0.3, -0.25) is 0 Å². The molecule has 1 aromatic carbocycles. The molecule has 3 nitrogen and oxygen atoms in total. The minimum absolute atomic E-state index is 0.483. The van der Waals surface area contributed by atoms with Gasteiger partial charge in [0.15, 0.2) is 0 Å². The average molecular weight is 362 g/mol. The highest BCUT2D eigenvalue weighted by Gasteiger charge is 2.09. The lowest BCUT2D eigenvalue weighted by atomic mass is 10.2. The topological polar surface area (TPSA) is 34.1 Å². The number of hydrogen-bond acceptors (Lipinski definition) is 3. The van der Waals surface area contributed by atoms with Crippen molar-refractivity contribution in [1.82, 2.24) is 4.98 Å². The van der Waals surface area contributed by atoms with Crippen LogP contribution < -0.4 is 10.1 Å². The van der Waals surface area contributed by atoms with Gasteiger partial charge in [-0.05, 0) is 34.1 Å². The van der Waals surface area contributed by atoms with Crippen LogP contribution in [0, 0.1) is 0 Å². The van der Waals surface area contributed by atoms with Gasteiger partial charge in [0.05, 0.1) is 12.1 Å². The smallest absolute Gasteiger partial charge is 0.145 e. The van der Waals surface area contributed by atoms with Crippen LogP contribution in [0.15, 0.2) is 34.9 Å². The average Bonchev–Trinajstić information content (AvgIpc) is 2.39. The highest BCUT2D eigenvalue weighted by atomic mass is 79.9. The van der Waals surface area contributed by atoms with Crippen LogP contribution in [0.4, 0.5) is 5.82 Å². The second kappa shape index (κ2) is 6.46. The van der Waals surface area contributed by atoms with Gasteiger partial charge in [-0.2, -0.15) is 0 Å². The summed E-state index contributed by atoms with van der Waals surface area (Å²) in [6, 6.07) is 7.30. The highest BCUT2D eigenvalue weighted by Crippen LogP contribution is 2.28. The second-order valence-corrected chi connectivity index (χ2v) is 5.49. The van der Waals surface area contributed by atoms with E-state index in [2.05, 4.69) is 26.2 Å². The molecule has 19 heavy (non-hydrogen) atoms. The Morgan fingerprint density at radius 2 is 2.11 bits per heavy atom. The molecule has 0 aliphatic carbocycles. The van der Waals surface area contributed by atoms with E-state index >= 15 is 0 Å². The standard InChI is InChI=1S/C13H11BrCl2N2O/c1-19-12-4-2-3-10(15)9(12)7-18-13-11(16)5-8(14)6-17-13/h2-6H,7H2,1H3,(H,17,18). The van der Waals surface area contributed by atoms with Crippen LogP contribution in [0.3, 0.4) is 0 Å². The lowest BCUT2D eigenvalue weighted by molar-refractivity contribution is 0.410. The SMILES string of the molecule is COc1cccc(Cl)c1CNc1ncc(Br)cc1Cl. The number of methoxy groups -OCH3 is 1. The summed E-state index contributed by atoms with van der Waals surface area (Å²) in [7, 11) is 1.61. The summed E-state index contributed by atoms with van der Waals surface area (Å²) >= 11 is 15.6. The molecular formula is C13H11BrCl2N2O. The van der Waals surface area contributed by atoms with Crippen LogP contribution in [-0.4, -0.2) is 12.1 Å². The molecule has 1 heterocycles. The molecule has 0 aliphatic heterocycles. The molecule has 2 rings (SSSR count). The van der Waals surface area contributed by atoms with Crippen LogP contribution in [-0.2, 0) is 6.54 Å². The quantitative estimate of drug-likeness (QED) is 0.851. The molecule has 2 aromatic rings. The lowest BCUT2D eigenvalue weighted by Gasteiger charge is -2.12. The van der Waals surface area contributed by atoms with Crippen molar-refractivity contribution in [3.8, 4) is 5.75 Å². The van der Waals surface area contributed by atoms with Crippen molar-refractivity contribution in [2.75, 3.05) is 12.4 Å². The molecule has 0 fully saturated rings. The van der Waals surface area contributed by atoms with Gasteiger partial charge in [0, 0.05) is 27.8 Å². The largest absolute Gasteiger partial charge is 0.496 e. The Kier molecular flexibility index (Phi) is 4.91. The van der Waals surface area contributed by atoms with E-state index < -0.39 is 0 Å². The molecule has 0 saturated carbocycles. The summed E-state index contributed by atoms with van der Waals surface area (Å²) < 4.78 is 6.11. The zero-order chi connectivity index (χ0) is 13.8. The van der Waals surface area contributed by atoms with E-state index in [0.29, 0.717) is 22.4 Å². The van der Waals surface area contributed by atoms with Crippen molar-refractivity contribution in [2.24, 2.45) is 0 Å². The maximum atomic E-state index is 6.16. The summed E-state index contributed by atoms with van der Waals surface area (Å²) in [5.41, 5.74) is 0.868. The van der Waals surface area contributed by atoms with Gasteiger partial charge in [-0.25, -0.2) is 4.98 Å². The summed E-state index contributed by atoms with van der Waals surface area (Å²) in [6.45, 7) is 0.483. The van der Waals surface area contributed by atoms with Gasteiger partial charge in [0.2, 0.25) is 0 Å². The molecule has 0 radical (unpaired) electrons. The lowest BCUT2D eigenvalue weighted by Crippen LogP contribution is -2.04.